The summed E-state index contributed by atoms with van der Waals surface area (Å²) in [7, 11) is 9.81. The van der Waals surface area contributed by atoms with Gasteiger partial charge in [-0.25, -0.2) is 34.5 Å². The molecule has 8 aromatic heterocycles. The van der Waals surface area contributed by atoms with E-state index in [2.05, 4.69) is 124 Å². The molecule has 0 N–H and O–H groups in total. The maximum Gasteiger partial charge on any atom is 0.176 e. The van der Waals surface area contributed by atoms with Crippen molar-refractivity contribution in [2.75, 3.05) is 0 Å². The first kappa shape index (κ1) is 49.8. The molecule has 8 heterocycles. The van der Waals surface area contributed by atoms with E-state index in [1.54, 1.807) is 31.0 Å². The van der Waals surface area contributed by atoms with Crippen molar-refractivity contribution in [3.05, 3.63) is 152 Å². The third kappa shape index (κ3) is 13.5. The molecule has 2 unspecified atom stereocenters. The average molecular weight is 1080 g/mol. The molecule has 9 aromatic rings. The number of pyridine rings is 1. The number of imidazole rings is 6. The normalized spacial score (nSPS) is 11.9. The molecule has 2 atom stereocenters. The largest absolute Gasteiger partial charge is 0.331 e. The molecule has 352 valence electrons. The quantitative estimate of drug-likeness (QED) is 0.0623. The molecule has 0 aliphatic carbocycles. The summed E-state index contributed by atoms with van der Waals surface area (Å²) in [4.78, 5) is 25.7. The molecule has 0 fully saturated rings. The number of nitrogens with zero attached hydrogens (tertiary/aromatic N) is 16. The zero-order chi connectivity index (χ0) is 46.3. The second-order valence-corrected chi connectivity index (χ2v) is 16.9. The van der Waals surface area contributed by atoms with Gasteiger partial charge < -0.3 is 27.4 Å². The Balaban J connectivity index is 0.000000238. The van der Waals surface area contributed by atoms with Gasteiger partial charge in [-0.3, -0.25) is 4.68 Å². The first-order valence-corrected chi connectivity index (χ1v) is 23.0. The number of aryl methyl sites for hydroxylation is 9. The predicted octanol–water partition coefficient (Wildman–Crippen LogP) is 7.99. The summed E-state index contributed by atoms with van der Waals surface area (Å²) in [6.45, 7) is 7.45. The van der Waals surface area contributed by atoms with E-state index in [0.717, 1.165) is 73.1 Å². The van der Waals surface area contributed by atoms with Crippen molar-refractivity contribution < 1.29 is 24.4 Å². The maximum atomic E-state index is 4.49. The van der Waals surface area contributed by atoms with Crippen LogP contribution in [0.1, 0.15) is 81.0 Å². The fourth-order valence-corrected chi connectivity index (χ4v) is 8.09. The average Bonchev–Trinajstić information content (AvgIpc) is 4.20. The molecule has 0 aliphatic rings. The fraction of sp³-hybridized carbons (Fsp3) is 0.380. The Hall–Kier alpha value is -6.59. The standard InChI is InChI=1S/C34H45N8.2C8H10N4.Os/c1-4-29(31-12-8-7-9-13-31)26-28(2)30-14-21-40(22-15-30)19-10-5-6-11-20-42-27-32(37-38-42)16-23-41-25-18-36-34(41)33-35-17-24-39(33)3;2*1-11-5-3-9-7(11)8-10-4-6-12(8)2;/h7-9,12-15,17-18,21-22,24-25,27-29H,4-6,10-11,16,19-20,23,26H2,1-3H3;2*3-6H,1-2H3;/q+1;;;. The van der Waals surface area contributed by atoms with Gasteiger partial charge in [0, 0.05) is 174 Å². The first-order chi connectivity index (χ1) is 32.2. The third-order valence-electron chi connectivity index (χ3n) is 12.1. The SMILES string of the molecule is CCC(CC(C)c1cc[n+](CCCCCCn2cc(CCn3ccnc3-c3nccn3C)nn2)cc1)c1ccccc1.Cn1ccnc1-c1nccn1C.Cn1ccnc1-c1nccn1C.[Os]. The number of hydrogen-bond donors (Lipinski definition) is 0. The van der Waals surface area contributed by atoms with Crippen LogP contribution in [0.25, 0.3) is 34.9 Å². The molecule has 0 aliphatic heterocycles. The van der Waals surface area contributed by atoms with Crippen LogP contribution in [0.15, 0.2) is 135 Å². The topological polar surface area (TPSA) is 142 Å². The van der Waals surface area contributed by atoms with Crippen LogP contribution in [0.5, 0.6) is 0 Å². The Morgan fingerprint density at radius 1 is 0.537 bits per heavy atom. The fourth-order valence-electron chi connectivity index (χ4n) is 8.09. The minimum absolute atomic E-state index is 0. The van der Waals surface area contributed by atoms with Crippen LogP contribution >= 0.6 is 0 Å². The van der Waals surface area contributed by atoms with Crippen molar-refractivity contribution in [2.45, 2.75) is 90.3 Å². The van der Waals surface area contributed by atoms with E-state index >= 15 is 0 Å². The first-order valence-electron chi connectivity index (χ1n) is 23.0. The molecular weight excluding hydrogens is 1010 g/mol. The minimum atomic E-state index is 0. The Kier molecular flexibility index (Phi) is 18.4. The van der Waals surface area contributed by atoms with Gasteiger partial charge in [0.25, 0.3) is 0 Å². The van der Waals surface area contributed by atoms with E-state index in [0.29, 0.717) is 11.8 Å². The summed E-state index contributed by atoms with van der Waals surface area (Å²) in [6, 6.07) is 15.6. The Morgan fingerprint density at radius 2 is 1.01 bits per heavy atom. The molecule has 0 spiro atoms. The number of hydrogen-bond acceptors (Lipinski definition) is 8. The van der Waals surface area contributed by atoms with Gasteiger partial charge in [0.15, 0.2) is 47.3 Å². The Morgan fingerprint density at radius 3 is 1.51 bits per heavy atom. The number of rotatable bonds is 18. The number of benzene rings is 1. The molecule has 0 amide bonds. The molecule has 1 aromatic carbocycles. The summed E-state index contributed by atoms with van der Waals surface area (Å²) < 4.78 is 16.2. The van der Waals surface area contributed by atoms with E-state index in [4.69, 9.17) is 0 Å². The van der Waals surface area contributed by atoms with Crippen LogP contribution in [-0.2, 0) is 81.1 Å². The molecule has 16 nitrogen and oxygen atoms in total. The molecule has 17 heteroatoms. The third-order valence-corrected chi connectivity index (χ3v) is 12.1. The van der Waals surface area contributed by atoms with Gasteiger partial charge in [0.1, 0.15) is 6.54 Å². The predicted molar refractivity (Wildman–Crippen MR) is 257 cm³/mol. The Labute approximate surface area is 407 Å². The van der Waals surface area contributed by atoms with Gasteiger partial charge in [-0.2, -0.15) is 0 Å². The van der Waals surface area contributed by atoms with Gasteiger partial charge in [-0.05, 0) is 48.6 Å². The molecule has 0 saturated carbocycles. The van der Waals surface area contributed by atoms with Crippen molar-refractivity contribution in [1.29, 1.82) is 0 Å². The summed E-state index contributed by atoms with van der Waals surface area (Å²) >= 11 is 0. The summed E-state index contributed by atoms with van der Waals surface area (Å²) in [5.74, 6) is 6.48. The van der Waals surface area contributed by atoms with Crippen LogP contribution in [0, 0.1) is 0 Å². The molecule has 0 radical (unpaired) electrons. The van der Waals surface area contributed by atoms with Crippen molar-refractivity contribution in [3.8, 4) is 34.9 Å². The monoisotopic (exact) mass is 1080 g/mol. The molecule has 67 heavy (non-hydrogen) atoms. The molecular formula is C50H65N16Os+. The zero-order valence-corrected chi connectivity index (χ0v) is 42.5. The minimum Gasteiger partial charge on any atom is -0.331 e. The van der Waals surface area contributed by atoms with Gasteiger partial charge in [0.2, 0.25) is 0 Å². The van der Waals surface area contributed by atoms with Crippen molar-refractivity contribution in [3.63, 3.8) is 0 Å². The van der Waals surface area contributed by atoms with Crippen LogP contribution in [0.4, 0.5) is 0 Å². The van der Waals surface area contributed by atoms with Crippen molar-refractivity contribution in [1.82, 2.24) is 72.3 Å². The molecule has 0 bridgehead atoms. The van der Waals surface area contributed by atoms with Crippen LogP contribution in [-0.4, -0.2) is 72.3 Å². The number of aromatic nitrogens is 16. The van der Waals surface area contributed by atoms with E-state index in [-0.39, 0.29) is 19.8 Å². The van der Waals surface area contributed by atoms with Crippen LogP contribution in [0.3, 0.4) is 0 Å². The van der Waals surface area contributed by atoms with Gasteiger partial charge in [-0.15, -0.1) is 5.10 Å². The zero-order valence-electron chi connectivity index (χ0n) is 39.9. The smallest absolute Gasteiger partial charge is 0.176 e. The number of unbranched alkanes of at least 4 members (excludes halogenated alkanes) is 3. The van der Waals surface area contributed by atoms with Crippen LogP contribution in [0.2, 0.25) is 0 Å². The van der Waals surface area contributed by atoms with E-state index in [1.807, 2.05) is 106 Å². The second kappa shape index (κ2) is 24.8. The summed E-state index contributed by atoms with van der Waals surface area (Å²) in [5, 5.41) is 8.74. The van der Waals surface area contributed by atoms with Gasteiger partial charge >= 0.3 is 0 Å². The molecule has 0 saturated heterocycles. The Bertz CT molecular complexity index is 2630. The van der Waals surface area contributed by atoms with Crippen molar-refractivity contribution in [2.24, 2.45) is 35.2 Å². The van der Waals surface area contributed by atoms with E-state index in [9.17, 15) is 0 Å². The summed E-state index contributed by atoms with van der Waals surface area (Å²) in [5.41, 5.74) is 3.91. The second-order valence-electron chi connectivity index (χ2n) is 16.9. The van der Waals surface area contributed by atoms with Crippen molar-refractivity contribution >= 4 is 0 Å². The molecule has 9 rings (SSSR count). The maximum absolute atomic E-state index is 4.49. The van der Waals surface area contributed by atoms with E-state index < -0.39 is 0 Å². The summed E-state index contributed by atoms with van der Waals surface area (Å²) in [6.07, 6.45) is 36.8. The van der Waals surface area contributed by atoms with Gasteiger partial charge in [0.05, 0.1) is 5.69 Å². The van der Waals surface area contributed by atoms with E-state index in [1.165, 1.54) is 43.2 Å². The van der Waals surface area contributed by atoms with Gasteiger partial charge in [-0.1, -0.05) is 55.8 Å². The van der Waals surface area contributed by atoms with Crippen LogP contribution < -0.4 is 4.57 Å².